The van der Waals surface area contributed by atoms with Gasteiger partial charge >= 0.3 is 7.12 Å². The Kier molecular flexibility index (Phi) is 4.16. The largest absolute Gasteiger partial charge is 0.494 e. The van der Waals surface area contributed by atoms with Gasteiger partial charge in [-0.2, -0.15) is 0 Å². The molecule has 0 bridgehead atoms. The summed E-state index contributed by atoms with van der Waals surface area (Å²) in [5, 5.41) is 4.54. The first-order chi connectivity index (χ1) is 16.8. The van der Waals surface area contributed by atoms with E-state index < -0.39 is 7.12 Å². The van der Waals surface area contributed by atoms with Crippen molar-refractivity contribution in [2.24, 2.45) is 0 Å². The second-order valence-electron chi connectivity index (χ2n) is 10.5. The lowest BCUT2D eigenvalue weighted by Gasteiger charge is -2.32. The van der Waals surface area contributed by atoms with E-state index >= 15 is 0 Å². The molecule has 0 aliphatic carbocycles. The molecule has 3 heterocycles. The minimum absolute atomic E-state index is 0.390. The molecule has 1 fully saturated rings. The molecule has 6 aromatic rings. The van der Waals surface area contributed by atoms with Crippen LogP contribution in [0.3, 0.4) is 0 Å². The van der Waals surface area contributed by atoms with Gasteiger partial charge in [0.05, 0.1) is 27.6 Å². The molecule has 2 aromatic heterocycles. The van der Waals surface area contributed by atoms with E-state index in [1.54, 1.807) is 0 Å². The molecule has 35 heavy (non-hydrogen) atoms. The van der Waals surface area contributed by atoms with Crippen LogP contribution in [-0.2, 0) is 9.31 Å². The summed E-state index contributed by atoms with van der Waals surface area (Å²) in [4.78, 5) is 0. The molecule has 0 N–H and O–H groups in total. The summed E-state index contributed by atoms with van der Waals surface area (Å²) in [6.45, 7) is 8.35. The summed E-state index contributed by atoms with van der Waals surface area (Å²) in [6, 6.07) is 29.6. The maximum atomic E-state index is 6.44. The highest BCUT2D eigenvalue weighted by molar-refractivity contribution is 6.62. The molecule has 0 radical (unpaired) electrons. The monoisotopic (exact) mass is 459 g/mol. The minimum atomic E-state index is -0.419. The Morgan fingerprint density at radius 1 is 0.657 bits per heavy atom. The topological polar surface area (TPSA) is 36.5 Å². The molecule has 4 aromatic carbocycles. The summed E-state index contributed by atoms with van der Waals surface area (Å²) in [5.41, 5.74) is 5.38. The van der Waals surface area contributed by atoms with Crippen molar-refractivity contribution in [3.8, 4) is 5.69 Å². The van der Waals surface area contributed by atoms with E-state index in [9.17, 15) is 0 Å². The van der Waals surface area contributed by atoms with Crippen LogP contribution in [0.25, 0.3) is 49.4 Å². The maximum Gasteiger partial charge on any atom is 0.494 e. The van der Waals surface area contributed by atoms with Crippen molar-refractivity contribution >= 4 is 56.3 Å². The van der Waals surface area contributed by atoms with E-state index in [1.165, 1.54) is 0 Å². The van der Waals surface area contributed by atoms with Crippen LogP contribution in [0, 0.1) is 0 Å². The average molecular weight is 459 g/mol. The first-order valence-corrected chi connectivity index (χ1v) is 12.1. The molecule has 1 aliphatic heterocycles. The van der Waals surface area contributed by atoms with Crippen LogP contribution in [0.2, 0.25) is 0 Å². The summed E-state index contributed by atoms with van der Waals surface area (Å²) in [6.07, 6.45) is 0. The molecule has 4 nitrogen and oxygen atoms in total. The number of benzene rings is 4. The zero-order chi connectivity index (χ0) is 23.9. The summed E-state index contributed by atoms with van der Waals surface area (Å²) in [7, 11) is -0.419. The van der Waals surface area contributed by atoms with E-state index in [1.807, 2.05) is 18.2 Å². The van der Waals surface area contributed by atoms with Crippen LogP contribution >= 0.6 is 0 Å². The van der Waals surface area contributed by atoms with Crippen molar-refractivity contribution in [1.82, 2.24) is 4.57 Å². The number of hydrogen-bond acceptors (Lipinski definition) is 3. The molecular formula is C30H26BNO3. The van der Waals surface area contributed by atoms with Crippen LogP contribution in [0.15, 0.2) is 89.3 Å². The van der Waals surface area contributed by atoms with Crippen molar-refractivity contribution in [2.45, 2.75) is 38.9 Å². The molecule has 5 heteroatoms. The third-order valence-electron chi connectivity index (χ3n) is 7.84. The quantitative estimate of drug-likeness (QED) is 0.262. The van der Waals surface area contributed by atoms with Gasteiger partial charge in [-0.05, 0) is 69.6 Å². The van der Waals surface area contributed by atoms with E-state index in [4.69, 9.17) is 13.7 Å². The van der Waals surface area contributed by atoms with Crippen molar-refractivity contribution in [1.29, 1.82) is 0 Å². The van der Waals surface area contributed by atoms with Gasteiger partial charge in [0.1, 0.15) is 11.2 Å². The Bertz CT molecular complexity index is 1740. The summed E-state index contributed by atoms with van der Waals surface area (Å²) in [5.74, 6) is 0. The molecule has 1 aliphatic rings. The lowest BCUT2D eigenvalue weighted by atomic mass is 9.79. The van der Waals surface area contributed by atoms with Crippen LogP contribution in [0.4, 0.5) is 0 Å². The third-order valence-corrected chi connectivity index (χ3v) is 7.84. The molecule has 0 amide bonds. The second-order valence-corrected chi connectivity index (χ2v) is 10.5. The number of fused-ring (bicyclic) bond motifs is 7. The fourth-order valence-electron chi connectivity index (χ4n) is 5.28. The van der Waals surface area contributed by atoms with Gasteiger partial charge < -0.3 is 18.3 Å². The van der Waals surface area contributed by atoms with Crippen LogP contribution in [0.1, 0.15) is 27.7 Å². The van der Waals surface area contributed by atoms with Crippen molar-refractivity contribution in [2.75, 3.05) is 0 Å². The number of rotatable bonds is 2. The van der Waals surface area contributed by atoms with E-state index in [0.29, 0.717) is 0 Å². The Morgan fingerprint density at radius 2 is 1.34 bits per heavy atom. The highest BCUT2D eigenvalue weighted by Gasteiger charge is 2.51. The minimum Gasteiger partial charge on any atom is -0.455 e. The van der Waals surface area contributed by atoms with Crippen molar-refractivity contribution in [3.05, 3.63) is 84.9 Å². The zero-order valence-corrected chi connectivity index (χ0v) is 20.3. The van der Waals surface area contributed by atoms with Gasteiger partial charge in [-0.15, -0.1) is 0 Å². The molecule has 0 unspecified atom stereocenters. The SMILES string of the molecule is CC1(C)OB(c2ccc3c4c5oc6ccccc6c5ccc4n(-c4ccccc4)c3c2)OC1(C)C. The Morgan fingerprint density at radius 3 is 2.11 bits per heavy atom. The van der Waals surface area contributed by atoms with Gasteiger partial charge in [-0.1, -0.05) is 48.5 Å². The third kappa shape index (κ3) is 2.89. The normalized spacial score (nSPS) is 17.3. The lowest BCUT2D eigenvalue weighted by Crippen LogP contribution is -2.41. The van der Waals surface area contributed by atoms with Crippen LogP contribution in [-0.4, -0.2) is 22.9 Å². The van der Waals surface area contributed by atoms with Gasteiger partial charge in [-0.3, -0.25) is 0 Å². The van der Waals surface area contributed by atoms with Crippen molar-refractivity contribution < 1.29 is 13.7 Å². The first-order valence-electron chi connectivity index (χ1n) is 12.1. The van der Waals surface area contributed by atoms with Crippen LogP contribution in [0.5, 0.6) is 0 Å². The number of nitrogens with zero attached hydrogens (tertiary/aromatic N) is 1. The lowest BCUT2D eigenvalue weighted by molar-refractivity contribution is 0.00578. The molecule has 0 atom stereocenters. The number of para-hydroxylation sites is 2. The molecule has 172 valence electrons. The molecule has 1 saturated heterocycles. The maximum absolute atomic E-state index is 6.44. The van der Waals surface area contributed by atoms with Crippen LogP contribution < -0.4 is 5.46 Å². The average Bonchev–Trinajstić information content (AvgIpc) is 3.45. The smallest absolute Gasteiger partial charge is 0.455 e. The Hall–Kier alpha value is -3.54. The number of furan rings is 1. The zero-order valence-electron chi connectivity index (χ0n) is 20.3. The highest BCUT2D eigenvalue weighted by Crippen LogP contribution is 2.41. The second kappa shape index (κ2) is 7.00. The fourth-order valence-corrected chi connectivity index (χ4v) is 5.28. The predicted octanol–water partition coefficient (Wildman–Crippen LogP) is 6.98. The molecule has 7 rings (SSSR count). The first kappa shape index (κ1) is 20.8. The Balaban J connectivity index is 1.55. The van der Waals surface area contributed by atoms with Gasteiger partial charge in [-0.25, -0.2) is 0 Å². The van der Waals surface area contributed by atoms with Gasteiger partial charge in [0, 0.05) is 21.8 Å². The van der Waals surface area contributed by atoms with E-state index in [2.05, 4.69) is 99.0 Å². The van der Waals surface area contributed by atoms with Gasteiger partial charge in [0.2, 0.25) is 0 Å². The molecule has 0 saturated carbocycles. The number of aromatic nitrogens is 1. The Labute approximate surface area is 204 Å². The fraction of sp³-hybridized carbons (Fsp3) is 0.200. The van der Waals surface area contributed by atoms with E-state index in [-0.39, 0.29) is 11.2 Å². The van der Waals surface area contributed by atoms with Gasteiger partial charge in [0.15, 0.2) is 0 Å². The standard InChI is InChI=1S/C30H26BNO3/c1-29(2)30(3,4)35-31(34-29)19-14-15-23-25(18-19)32(20-10-6-5-7-11-20)24-17-16-22-21-12-8-9-13-26(21)33-28(22)27(23)24/h5-18H,1-4H3. The van der Waals surface area contributed by atoms with Crippen molar-refractivity contribution in [3.63, 3.8) is 0 Å². The predicted molar refractivity (Wildman–Crippen MR) is 144 cm³/mol. The molecular weight excluding hydrogens is 433 g/mol. The number of hydrogen-bond donors (Lipinski definition) is 0. The molecule has 0 spiro atoms. The summed E-state index contributed by atoms with van der Waals surface area (Å²) >= 11 is 0. The van der Waals surface area contributed by atoms with Gasteiger partial charge in [0.25, 0.3) is 0 Å². The van der Waals surface area contributed by atoms with E-state index in [0.717, 1.165) is 54.9 Å². The highest BCUT2D eigenvalue weighted by atomic mass is 16.7. The summed E-state index contributed by atoms with van der Waals surface area (Å²) < 4.78 is 21.5.